The summed E-state index contributed by atoms with van der Waals surface area (Å²) in [5.74, 6) is 0.945. The number of ether oxygens (including phenoxy) is 1. The van der Waals surface area contributed by atoms with Gasteiger partial charge in [0.1, 0.15) is 5.75 Å². The van der Waals surface area contributed by atoms with Crippen molar-refractivity contribution in [2.45, 2.75) is 57.2 Å². The molecule has 3 atom stereocenters. The summed E-state index contributed by atoms with van der Waals surface area (Å²) in [6, 6.07) is 8.73. The smallest absolute Gasteiger partial charge is 0.122 e. The van der Waals surface area contributed by atoms with Crippen LogP contribution in [-0.4, -0.2) is 30.4 Å². The van der Waals surface area contributed by atoms with Crippen LogP contribution < -0.4 is 10.1 Å². The van der Waals surface area contributed by atoms with Crippen molar-refractivity contribution in [2.24, 2.45) is 0 Å². The van der Waals surface area contributed by atoms with Crippen LogP contribution in [0.1, 0.15) is 38.2 Å². The molecule has 0 amide bonds. The first kappa shape index (κ1) is 14.4. The van der Waals surface area contributed by atoms with E-state index in [1.807, 2.05) is 18.2 Å². The van der Waals surface area contributed by atoms with E-state index in [1.54, 1.807) is 7.11 Å². The molecule has 0 saturated heterocycles. The molecule has 0 aliphatic heterocycles. The van der Waals surface area contributed by atoms with Gasteiger partial charge in [0.15, 0.2) is 0 Å². The van der Waals surface area contributed by atoms with Crippen molar-refractivity contribution in [3.8, 4) is 5.75 Å². The van der Waals surface area contributed by atoms with Gasteiger partial charge in [0, 0.05) is 12.1 Å². The molecule has 0 aromatic heterocycles. The SMILES string of the molecule is COc1ccccc1C[C@H](C)N[C@H]1CCCC[C@H]1O. The van der Waals surface area contributed by atoms with Crippen LogP contribution in [-0.2, 0) is 6.42 Å². The predicted molar refractivity (Wildman–Crippen MR) is 77.6 cm³/mol. The van der Waals surface area contributed by atoms with E-state index < -0.39 is 0 Å². The van der Waals surface area contributed by atoms with Crippen molar-refractivity contribution in [2.75, 3.05) is 7.11 Å². The lowest BCUT2D eigenvalue weighted by atomic mass is 9.91. The van der Waals surface area contributed by atoms with E-state index in [-0.39, 0.29) is 12.1 Å². The molecule has 1 aromatic rings. The van der Waals surface area contributed by atoms with Crippen LogP contribution in [0.3, 0.4) is 0 Å². The minimum atomic E-state index is -0.186. The largest absolute Gasteiger partial charge is 0.496 e. The molecule has 3 heteroatoms. The van der Waals surface area contributed by atoms with Crippen LogP contribution in [0.15, 0.2) is 24.3 Å². The molecule has 2 rings (SSSR count). The van der Waals surface area contributed by atoms with Crippen molar-refractivity contribution < 1.29 is 9.84 Å². The lowest BCUT2D eigenvalue weighted by Gasteiger charge is -2.31. The second-order valence-corrected chi connectivity index (χ2v) is 5.54. The summed E-state index contributed by atoms with van der Waals surface area (Å²) >= 11 is 0. The van der Waals surface area contributed by atoms with Gasteiger partial charge in [0.25, 0.3) is 0 Å². The maximum absolute atomic E-state index is 10.00. The molecule has 1 aliphatic carbocycles. The van der Waals surface area contributed by atoms with Crippen LogP contribution in [0.2, 0.25) is 0 Å². The second-order valence-electron chi connectivity index (χ2n) is 5.54. The van der Waals surface area contributed by atoms with E-state index in [4.69, 9.17) is 4.74 Å². The average Bonchev–Trinajstić information content (AvgIpc) is 2.42. The van der Waals surface area contributed by atoms with Gasteiger partial charge in [-0.05, 0) is 37.8 Å². The molecule has 0 spiro atoms. The highest BCUT2D eigenvalue weighted by Crippen LogP contribution is 2.21. The molecule has 0 unspecified atom stereocenters. The minimum Gasteiger partial charge on any atom is -0.496 e. The zero-order chi connectivity index (χ0) is 13.7. The van der Waals surface area contributed by atoms with E-state index in [9.17, 15) is 5.11 Å². The van der Waals surface area contributed by atoms with Crippen LogP contribution in [0.4, 0.5) is 0 Å². The number of aliphatic hydroxyl groups is 1. The van der Waals surface area contributed by atoms with Gasteiger partial charge in [0.2, 0.25) is 0 Å². The number of hydrogen-bond acceptors (Lipinski definition) is 3. The summed E-state index contributed by atoms with van der Waals surface area (Å²) in [5, 5.41) is 13.6. The summed E-state index contributed by atoms with van der Waals surface area (Å²) in [6.45, 7) is 2.17. The summed E-state index contributed by atoms with van der Waals surface area (Å²) < 4.78 is 5.38. The molecule has 3 nitrogen and oxygen atoms in total. The van der Waals surface area contributed by atoms with Crippen molar-refractivity contribution in [1.82, 2.24) is 5.32 Å². The molecular weight excluding hydrogens is 238 g/mol. The van der Waals surface area contributed by atoms with Crippen LogP contribution in [0.5, 0.6) is 5.75 Å². The molecule has 0 bridgehead atoms. The van der Waals surface area contributed by atoms with E-state index >= 15 is 0 Å². The third kappa shape index (κ3) is 3.95. The fourth-order valence-corrected chi connectivity index (χ4v) is 2.93. The zero-order valence-electron chi connectivity index (χ0n) is 11.9. The number of benzene rings is 1. The van der Waals surface area contributed by atoms with Crippen LogP contribution in [0.25, 0.3) is 0 Å². The molecular formula is C16H25NO2. The number of rotatable bonds is 5. The second kappa shape index (κ2) is 6.92. The monoisotopic (exact) mass is 263 g/mol. The fourth-order valence-electron chi connectivity index (χ4n) is 2.93. The Morgan fingerprint density at radius 1 is 1.32 bits per heavy atom. The first-order valence-electron chi connectivity index (χ1n) is 7.26. The molecule has 1 fully saturated rings. The summed E-state index contributed by atoms with van der Waals surface area (Å²) in [4.78, 5) is 0. The van der Waals surface area contributed by atoms with Crippen molar-refractivity contribution in [3.05, 3.63) is 29.8 Å². The number of aliphatic hydroxyl groups excluding tert-OH is 1. The highest BCUT2D eigenvalue weighted by atomic mass is 16.5. The number of methoxy groups -OCH3 is 1. The van der Waals surface area contributed by atoms with E-state index in [1.165, 1.54) is 12.0 Å². The zero-order valence-corrected chi connectivity index (χ0v) is 11.9. The Kier molecular flexibility index (Phi) is 5.23. The molecule has 1 aromatic carbocycles. The maximum Gasteiger partial charge on any atom is 0.122 e. The average molecular weight is 263 g/mol. The highest BCUT2D eigenvalue weighted by molar-refractivity contribution is 5.33. The summed E-state index contributed by atoms with van der Waals surface area (Å²) in [6.07, 6.45) is 5.12. The molecule has 1 saturated carbocycles. The van der Waals surface area contributed by atoms with Gasteiger partial charge < -0.3 is 15.2 Å². The van der Waals surface area contributed by atoms with Crippen molar-refractivity contribution in [3.63, 3.8) is 0 Å². The Morgan fingerprint density at radius 2 is 2.05 bits per heavy atom. The lowest BCUT2D eigenvalue weighted by Crippen LogP contribution is -2.46. The molecule has 106 valence electrons. The Labute approximate surface area is 116 Å². The normalized spacial score (nSPS) is 25.0. The Hall–Kier alpha value is -1.06. The van der Waals surface area contributed by atoms with Crippen molar-refractivity contribution in [1.29, 1.82) is 0 Å². The molecule has 1 aliphatic rings. The Bertz CT molecular complexity index is 394. The van der Waals surface area contributed by atoms with Gasteiger partial charge in [-0.2, -0.15) is 0 Å². The van der Waals surface area contributed by atoms with E-state index in [0.717, 1.165) is 31.4 Å². The lowest BCUT2D eigenvalue weighted by molar-refractivity contribution is 0.0859. The number of hydrogen-bond donors (Lipinski definition) is 2. The number of para-hydroxylation sites is 1. The summed E-state index contributed by atoms with van der Waals surface area (Å²) in [5.41, 5.74) is 1.22. The first-order chi connectivity index (χ1) is 9.20. The predicted octanol–water partition coefficient (Wildman–Crippen LogP) is 2.52. The quantitative estimate of drug-likeness (QED) is 0.857. The maximum atomic E-state index is 10.00. The first-order valence-corrected chi connectivity index (χ1v) is 7.26. The Balaban J connectivity index is 1.91. The van der Waals surface area contributed by atoms with Gasteiger partial charge >= 0.3 is 0 Å². The third-order valence-corrected chi connectivity index (χ3v) is 3.95. The van der Waals surface area contributed by atoms with Gasteiger partial charge in [-0.15, -0.1) is 0 Å². The van der Waals surface area contributed by atoms with Gasteiger partial charge in [-0.25, -0.2) is 0 Å². The number of nitrogens with one attached hydrogen (secondary N) is 1. The fraction of sp³-hybridized carbons (Fsp3) is 0.625. The third-order valence-electron chi connectivity index (χ3n) is 3.95. The van der Waals surface area contributed by atoms with Gasteiger partial charge in [-0.1, -0.05) is 31.0 Å². The topological polar surface area (TPSA) is 41.5 Å². The van der Waals surface area contributed by atoms with Crippen LogP contribution >= 0.6 is 0 Å². The van der Waals surface area contributed by atoms with Crippen LogP contribution in [0, 0.1) is 0 Å². The van der Waals surface area contributed by atoms with Gasteiger partial charge in [-0.3, -0.25) is 0 Å². The molecule has 0 heterocycles. The highest BCUT2D eigenvalue weighted by Gasteiger charge is 2.24. The minimum absolute atomic E-state index is 0.186. The van der Waals surface area contributed by atoms with Gasteiger partial charge in [0.05, 0.1) is 13.2 Å². The van der Waals surface area contributed by atoms with E-state index in [0.29, 0.717) is 6.04 Å². The molecule has 19 heavy (non-hydrogen) atoms. The molecule has 2 N–H and O–H groups in total. The summed E-state index contributed by atoms with van der Waals surface area (Å²) in [7, 11) is 1.71. The van der Waals surface area contributed by atoms with Crippen molar-refractivity contribution >= 4 is 0 Å². The molecule has 0 radical (unpaired) electrons. The van der Waals surface area contributed by atoms with E-state index in [2.05, 4.69) is 18.3 Å². The Morgan fingerprint density at radius 3 is 2.79 bits per heavy atom. The standard InChI is InChI=1S/C16H25NO2/c1-12(17-14-8-4-5-9-15(14)18)11-13-7-3-6-10-16(13)19-2/h3,6-7,10,12,14-15,17-18H,4-5,8-9,11H2,1-2H3/t12-,14-,15+/m0/s1.